The quantitative estimate of drug-likeness (QED) is 0.822. The van der Waals surface area contributed by atoms with E-state index < -0.39 is 0 Å². The Labute approximate surface area is 138 Å². The van der Waals surface area contributed by atoms with Gasteiger partial charge in [0.2, 0.25) is 5.91 Å². The van der Waals surface area contributed by atoms with Crippen molar-refractivity contribution in [2.75, 3.05) is 17.3 Å². The average molecular weight is 334 g/mol. The van der Waals surface area contributed by atoms with E-state index in [1.807, 2.05) is 42.1 Å². The molecular weight excluding hydrogens is 316 g/mol. The lowest BCUT2D eigenvalue weighted by molar-refractivity contribution is -0.113. The van der Waals surface area contributed by atoms with Crippen LogP contribution in [0, 0.1) is 0 Å². The van der Waals surface area contributed by atoms with E-state index in [0.717, 1.165) is 21.6 Å². The van der Waals surface area contributed by atoms with Crippen LogP contribution in [0.15, 0.2) is 34.3 Å². The third-order valence-corrected chi connectivity index (χ3v) is 5.34. The Morgan fingerprint density at radius 2 is 2.14 bits per heavy atom. The first-order chi connectivity index (χ1) is 10.7. The molecule has 116 valence electrons. The standard InChI is InChI=1S/C15H18N4OS2/c1-19-14(10-7-8-10)17-18-15(19)22-9-13(20)16-11-5-3-4-6-12(11)21-2/h3-6,10H,7-9H2,1-2H3,(H,16,20). The Morgan fingerprint density at radius 1 is 1.36 bits per heavy atom. The molecule has 0 radical (unpaired) electrons. The number of anilines is 1. The van der Waals surface area contributed by atoms with Gasteiger partial charge in [0, 0.05) is 17.9 Å². The molecule has 1 saturated carbocycles. The predicted molar refractivity (Wildman–Crippen MR) is 90.6 cm³/mol. The summed E-state index contributed by atoms with van der Waals surface area (Å²) < 4.78 is 2.01. The first-order valence-corrected chi connectivity index (χ1v) is 9.35. The first kappa shape index (κ1) is 15.4. The molecule has 0 bridgehead atoms. The van der Waals surface area contributed by atoms with Gasteiger partial charge in [-0.2, -0.15) is 0 Å². The van der Waals surface area contributed by atoms with Gasteiger partial charge < -0.3 is 9.88 Å². The Hall–Kier alpha value is -1.47. The van der Waals surface area contributed by atoms with Gasteiger partial charge in [0.15, 0.2) is 5.16 Å². The number of nitrogens with one attached hydrogen (secondary N) is 1. The van der Waals surface area contributed by atoms with Crippen molar-refractivity contribution in [3.8, 4) is 0 Å². The molecule has 1 aromatic heterocycles. The minimum Gasteiger partial charge on any atom is -0.324 e. The summed E-state index contributed by atoms with van der Waals surface area (Å²) in [5, 5.41) is 12.2. The van der Waals surface area contributed by atoms with Crippen molar-refractivity contribution in [2.24, 2.45) is 7.05 Å². The predicted octanol–water partition coefficient (Wildman–Crippen LogP) is 3.15. The van der Waals surface area contributed by atoms with E-state index >= 15 is 0 Å². The molecule has 0 atom stereocenters. The van der Waals surface area contributed by atoms with Crippen LogP contribution >= 0.6 is 23.5 Å². The molecule has 1 fully saturated rings. The van der Waals surface area contributed by atoms with E-state index in [9.17, 15) is 4.79 Å². The van der Waals surface area contributed by atoms with Crippen molar-refractivity contribution in [1.29, 1.82) is 0 Å². The van der Waals surface area contributed by atoms with Crippen molar-refractivity contribution < 1.29 is 4.79 Å². The van der Waals surface area contributed by atoms with Gasteiger partial charge in [0.25, 0.3) is 0 Å². The lowest BCUT2D eigenvalue weighted by Crippen LogP contribution is -2.15. The SMILES string of the molecule is CSc1ccccc1NC(=O)CSc1nnc(C2CC2)n1C. The third-order valence-electron chi connectivity index (χ3n) is 3.52. The molecule has 3 rings (SSSR count). The lowest BCUT2D eigenvalue weighted by atomic mass is 10.3. The van der Waals surface area contributed by atoms with Crippen LogP contribution < -0.4 is 5.32 Å². The van der Waals surface area contributed by atoms with Gasteiger partial charge in [-0.1, -0.05) is 23.9 Å². The molecule has 1 aromatic carbocycles. The number of benzene rings is 1. The summed E-state index contributed by atoms with van der Waals surface area (Å²) in [5.41, 5.74) is 0.859. The fourth-order valence-corrected chi connectivity index (χ4v) is 3.48. The molecule has 0 saturated heterocycles. The number of hydrogen-bond donors (Lipinski definition) is 1. The summed E-state index contributed by atoms with van der Waals surface area (Å²) in [6, 6.07) is 7.81. The van der Waals surface area contributed by atoms with E-state index in [1.54, 1.807) is 11.8 Å². The number of amides is 1. The summed E-state index contributed by atoms with van der Waals surface area (Å²) >= 11 is 3.04. The number of nitrogens with zero attached hydrogens (tertiary/aromatic N) is 3. The van der Waals surface area contributed by atoms with Crippen LogP contribution in [-0.2, 0) is 11.8 Å². The summed E-state index contributed by atoms with van der Waals surface area (Å²) in [4.78, 5) is 13.2. The van der Waals surface area contributed by atoms with E-state index in [2.05, 4.69) is 15.5 Å². The maximum atomic E-state index is 12.1. The molecule has 1 amide bonds. The maximum absolute atomic E-state index is 12.1. The Morgan fingerprint density at radius 3 is 2.86 bits per heavy atom. The number of aromatic nitrogens is 3. The van der Waals surface area contributed by atoms with Gasteiger partial charge in [0.1, 0.15) is 5.82 Å². The van der Waals surface area contributed by atoms with Crippen LogP contribution in [0.2, 0.25) is 0 Å². The minimum atomic E-state index is -0.0255. The van der Waals surface area contributed by atoms with E-state index in [-0.39, 0.29) is 5.91 Å². The highest BCUT2D eigenvalue weighted by Gasteiger charge is 2.29. The number of rotatable bonds is 6. The van der Waals surface area contributed by atoms with Crippen LogP contribution in [-0.4, -0.2) is 32.7 Å². The smallest absolute Gasteiger partial charge is 0.234 e. The zero-order valence-electron chi connectivity index (χ0n) is 12.6. The second-order valence-electron chi connectivity index (χ2n) is 5.21. The van der Waals surface area contributed by atoms with Gasteiger partial charge in [-0.05, 0) is 31.2 Å². The molecule has 0 spiro atoms. The van der Waals surface area contributed by atoms with Crippen molar-refractivity contribution in [3.05, 3.63) is 30.1 Å². The van der Waals surface area contributed by atoms with Crippen molar-refractivity contribution >= 4 is 35.1 Å². The number of carbonyl (C=O) groups excluding carboxylic acids is 1. The zero-order valence-corrected chi connectivity index (χ0v) is 14.2. The summed E-state index contributed by atoms with van der Waals surface area (Å²) in [6.45, 7) is 0. The van der Waals surface area contributed by atoms with Crippen LogP contribution in [0.3, 0.4) is 0 Å². The number of thioether (sulfide) groups is 2. The molecule has 22 heavy (non-hydrogen) atoms. The summed E-state index contributed by atoms with van der Waals surface area (Å²) in [7, 11) is 1.97. The summed E-state index contributed by atoms with van der Waals surface area (Å²) in [6.07, 6.45) is 4.39. The van der Waals surface area contributed by atoms with Crippen molar-refractivity contribution in [3.63, 3.8) is 0 Å². The highest BCUT2D eigenvalue weighted by atomic mass is 32.2. The van der Waals surface area contributed by atoms with Gasteiger partial charge >= 0.3 is 0 Å². The first-order valence-electron chi connectivity index (χ1n) is 7.14. The largest absolute Gasteiger partial charge is 0.324 e. The van der Waals surface area contributed by atoms with Crippen LogP contribution in [0.5, 0.6) is 0 Å². The van der Waals surface area contributed by atoms with Gasteiger partial charge in [-0.15, -0.1) is 22.0 Å². The number of carbonyl (C=O) groups is 1. The number of para-hydroxylation sites is 1. The molecule has 1 aliphatic rings. The second-order valence-corrected chi connectivity index (χ2v) is 7.00. The van der Waals surface area contributed by atoms with Gasteiger partial charge in [-0.3, -0.25) is 4.79 Å². The topological polar surface area (TPSA) is 59.8 Å². The molecule has 5 nitrogen and oxygen atoms in total. The Balaban J connectivity index is 1.58. The molecule has 1 heterocycles. The second kappa shape index (κ2) is 6.75. The van der Waals surface area contributed by atoms with Crippen LogP contribution in [0.25, 0.3) is 0 Å². The van der Waals surface area contributed by atoms with E-state index in [1.165, 1.54) is 24.6 Å². The Bertz CT molecular complexity index is 682. The molecular formula is C15H18N4OS2. The molecule has 0 aliphatic heterocycles. The van der Waals surface area contributed by atoms with Crippen molar-refractivity contribution in [1.82, 2.24) is 14.8 Å². The fraction of sp³-hybridized carbons (Fsp3) is 0.400. The third kappa shape index (κ3) is 3.47. The molecule has 1 aliphatic carbocycles. The maximum Gasteiger partial charge on any atom is 0.234 e. The zero-order chi connectivity index (χ0) is 15.5. The molecule has 2 aromatic rings. The normalized spacial score (nSPS) is 14.1. The molecule has 0 unspecified atom stereocenters. The number of hydrogen-bond acceptors (Lipinski definition) is 5. The van der Waals surface area contributed by atoms with E-state index in [0.29, 0.717) is 11.7 Å². The fourth-order valence-electron chi connectivity index (χ4n) is 2.21. The van der Waals surface area contributed by atoms with Crippen LogP contribution in [0.1, 0.15) is 24.6 Å². The van der Waals surface area contributed by atoms with E-state index in [4.69, 9.17) is 0 Å². The highest BCUT2D eigenvalue weighted by molar-refractivity contribution is 7.99. The minimum absolute atomic E-state index is 0.0255. The summed E-state index contributed by atoms with van der Waals surface area (Å²) in [5.74, 6) is 1.91. The molecule has 1 N–H and O–H groups in total. The highest BCUT2D eigenvalue weighted by Crippen LogP contribution is 2.39. The average Bonchev–Trinajstić information content (AvgIpc) is 3.30. The monoisotopic (exact) mass is 334 g/mol. The molecule has 7 heteroatoms. The van der Waals surface area contributed by atoms with Gasteiger partial charge in [0.05, 0.1) is 11.4 Å². The lowest BCUT2D eigenvalue weighted by Gasteiger charge is -2.08. The van der Waals surface area contributed by atoms with Gasteiger partial charge in [-0.25, -0.2) is 0 Å². The van der Waals surface area contributed by atoms with Crippen molar-refractivity contribution in [2.45, 2.75) is 28.8 Å². The van der Waals surface area contributed by atoms with Crippen LogP contribution in [0.4, 0.5) is 5.69 Å². The Kier molecular flexibility index (Phi) is 4.73.